The average molecular weight is 271 g/mol. The fraction of sp³-hybridized carbons (Fsp3) is 0.188. The summed E-state index contributed by atoms with van der Waals surface area (Å²) in [4.78, 5) is 12.1. The summed E-state index contributed by atoms with van der Waals surface area (Å²) in [5, 5.41) is 12.2. The van der Waals surface area contributed by atoms with Crippen molar-refractivity contribution in [3.8, 4) is 5.75 Å². The van der Waals surface area contributed by atoms with E-state index in [9.17, 15) is 9.90 Å². The van der Waals surface area contributed by atoms with E-state index in [4.69, 9.17) is 4.74 Å². The Morgan fingerprint density at radius 2 is 1.80 bits per heavy atom. The summed E-state index contributed by atoms with van der Waals surface area (Å²) in [5.74, 6) is 0.471. The lowest BCUT2D eigenvalue weighted by atomic mass is 10.1. The molecule has 2 rings (SSSR count). The third kappa shape index (κ3) is 3.36. The normalized spacial score (nSPS) is 11.7. The molecule has 0 fully saturated rings. The molecular formula is C16H17NO3. The molecule has 0 unspecified atom stereocenters. The smallest absolute Gasteiger partial charge is 0.251 e. The first-order valence-electron chi connectivity index (χ1n) is 6.35. The van der Waals surface area contributed by atoms with Gasteiger partial charge >= 0.3 is 0 Å². The molecular weight excluding hydrogens is 254 g/mol. The number of rotatable bonds is 5. The van der Waals surface area contributed by atoms with Gasteiger partial charge in [0.2, 0.25) is 0 Å². The summed E-state index contributed by atoms with van der Waals surface area (Å²) in [6.07, 6.45) is 0. The first kappa shape index (κ1) is 14.1. The van der Waals surface area contributed by atoms with Crippen LogP contribution in [0.3, 0.4) is 0 Å². The van der Waals surface area contributed by atoms with Gasteiger partial charge in [-0.2, -0.15) is 0 Å². The van der Waals surface area contributed by atoms with Crippen LogP contribution in [-0.4, -0.2) is 24.7 Å². The zero-order valence-corrected chi connectivity index (χ0v) is 11.2. The van der Waals surface area contributed by atoms with Crippen LogP contribution >= 0.6 is 0 Å². The summed E-state index contributed by atoms with van der Waals surface area (Å²) in [6, 6.07) is 15.8. The van der Waals surface area contributed by atoms with Crippen LogP contribution in [0.2, 0.25) is 0 Å². The average Bonchev–Trinajstić information content (AvgIpc) is 2.53. The lowest BCUT2D eigenvalue weighted by molar-refractivity contribution is 0.0916. The molecule has 2 aromatic rings. The van der Waals surface area contributed by atoms with Crippen molar-refractivity contribution in [3.63, 3.8) is 0 Å². The number of hydrogen-bond donors (Lipinski definition) is 2. The maximum absolute atomic E-state index is 12.1. The predicted molar refractivity (Wildman–Crippen MR) is 76.7 cm³/mol. The summed E-state index contributed by atoms with van der Waals surface area (Å²) in [7, 11) is 1.58. The van der Waals surface area contributed by atoms with Gasteiger partial charge < -0.3 is 15.2 Å². The van der Waals surface area contributed by atoms with E-state index in [0.29, 0.717) is 11.3 Å². The standard InChI is InChI=1S/C16H17NO3/c1-20-14-9-7-13(8-10-14)16(19)17-15(11-18)12-5-3-2-4-6-12/h2-10,15,18H,11H2,1H3,(H,17,19)/t15-/m1/s1. The molecule has 0 saturated heterocycles. The highest BCUT2D eigenvalue weighted by Gasteiger charge is 2.14. The first-order chi connectivity index (χ1) is 9.74. The molecule has 0 saturated carbocycles. The maximum Gasteiger partial charge on any atom is 0.251 e. The number of aliphatic hydroxyl groups excluding tert-OH is 1. The fourth-order valence-corrected chi connectivity index (χ4v) is 1.90. The quantitative estimate of drug-likeness (QED) is 0.876. The van der Waals surface area contributed by atoms with Crippen LogP contribution in [0.15, 0.2) is 54.6 Å². The Kier molecular flexibility index (Phi) is 4.74. The molecule has 0 radical (unpaired) electrons. The molecule has 0 aromatic heterocycles. The minimum Gasteiger partial charge on any atom is -0.497 e. The van der Waals surface area contributed by atoms with E-state index in [1.807, 2.05) is 30.3 Å². The Labute approximate surface area is 118 Å². The highest BCUT2D eigenvalue weighted by Crippen LogP contribution is 2.15. The molecule has 4 nitrogen and oxygen atoms in total. The van der Waals surface area contributed by atoms with E-state index < -0.39 is 6.04 Å². The Balaban J connectivity index is 2.09. The molecule has 0 aliphatic carbocycles. The SMILES string of the molecule is COc1ccc(C(=O)N[C@H](CO)c2ccccc2)cc1. The van der Waals surface area contributed by atoms with Crippen molar-refractivity contribution in [3.05, 3.63) is 65.7 Å². The molecule has 0 aliphatic rings. The first-order valence-corrected chi connectivity index (χ1v) is 6.35. The largest absolute Gasteiger partial charge is 0.497 e. The van der Waals surface area contributed by atoms with E-state index in [0.717, 1.165) is 5.56 Å². The molecule has 1 atom stereocenters. The highest BCUT2D eigenvalue weighted by molar-refractivity contribution is 5.94. The van der Waals surface area contributed by atoms with Gasteiger partial charge in [0.25, 0.3) is 5.91 Å². The van der Waals surface area contributed by atoms with Gasteiger partial charge in [-0.05, 0) is 29.8 Å². The molecule has 2 aromatic carbocycles. The van der Waals surface area contributed by atoms with Crippen molar-refractivity contribution in [1.82, 2.24) is 5.32 Å². The minimum atomic E-state index is -0.411. The van der Waals surface area contributed by atoms with Crippen molar-refractivity contribution >= 4 is 5.91 Å². The van der Waals surface area contributed by atoms with Crippen LogP contribution in [0.5, 0.6) is 5.75 Å². The van der Waals surface area contributed by atoms with E-state index in [-0.39, 0.29) is 12.5 Å². The van der Waals surface area contributed by atoms with Gasteiger partial charge in [0.1, 0.15) is 5.75 Å². The summed E-state index contributed by atoms with van der Waals surface area (Å²) in [5.41, 5.74) is 1.40. The molecule has 0 aliphatic heterocycles. The Morgan fingerprint density at radius 1 is 1.15 bits per heavy atom. The number of hydrogen-bond acceptors (Lipinski definition) is 3. The van der Waals surface area contributed by atoms with Crippen molar-refractivity contribution in [1.29, 1.82) is 0 Å². The van der Waals surface area contributed by atoms with Crippen molar-refractivity contribution in [2.75, 3.05) is 13.7 Å². The lowest BCUT2D eigenvalue weighted by Crippen LogP contribution is -2.30. The Hall–Kier alpha value is -2.33. The number of amides is 1. The fourth-order valence-electron chi connectivity index (χ4n) is 1.90. The third-order valence-electron chi connectivity index (χ3n) is 3.04. The van der Waals surface area contributed by atoms with E-state index in [1.165, 1.54) is 0 Å². The molecule has 1 amide bonds. The van der Waals surface area contributed by atoms with Crippen molar-refractivity contribution in [2.45, 2.75) is 6.04 Å². The van der Waals surface area contributed by atoms with Gasteiger partial charge in [-0.3, -0.25) is 4.79 Å². The third-order valence-corrected chi connectivity index (χ3v) is 3.04. The molecule has 0 heterocycles. The monoisotopic (exact) mass is 271 g/mol. The molecule has 0 bridgehead atoms. The number of methoxy groups -OCH3 is 1. The van der Waals surface area contributed by atoms with Gasteiger partial charge in [-0.15, -0.1) is 0 Å². The molecule has 4 heteroatoms. The Morgan fingerprint density at radius 3 is 2.35 bits per heavy atom. The van der Waals surface area contributed by atoms with E-state index in [2.05, 4.69) is 5.32 Å². The predicted octanol–water partition coefficient (Wildman–Crippen LogP) is 2.16. The second-order valence-corrected chi connectivity index (χ2v) is 4.35. The van der Waals surface area contributed by atoms with Gasteiger partial charge in [0.05, 0.1) is 19.8 Å². The van der Waals surface area contributed by atoms with Crippen LogP contribution < -0.4 is 10.1 Å². The second-order valence-electron chi connectivity index (χ2n) is 4.35. The van der Waals surface area contributed by atoms with Crippen LogP contribution in [0.25, 0.3) is 0 Å². The topological polar surface area (TPSA) is 58.6 Å². The van der Waals surface area contributed by atoms with Gasteiger partial charge in [-0.25, -0.2) is 0 Å². The number of aliphatic hydroxyl groups is 1. The van der Waals surface area contributed by atoms with Crippen molar-refractivity contribution < 1.29 is 14.6 Å². The molecule has 0 spiro atoms. The van der Waals surface area contributed by atoms with E-state index >= 15 is 0 Å². The van der Waals surface area contributed by atoms with Gasteiger partial charge in [-0.1, -0.05) is 30.3 Å². The molecule has 2 N–H and O–H groups in total. The number of nitrogens with one attached hydrogen (secondary N) is 1. The van der Waals surface area contributed by atoms with Crippen LogP contribution in [0.4, 0.5) is 0 Å². The molecule has 104 valence electrons. The van der Waals surface area contributed by atoms with Crippen LogP contribution in [0.1, 0.15) is 22.0 Å². The minimum absolute atomic E-state index is 0.147. The van der Waals surface area contributed by atoms with Crippen molar-refractivity contribution in [2.24, 2.45) is 0 Å². The lowest BCUT2D eigenvalue weighted by Gasteiger charge is -2.16. The molecule has 20 heavy (non-hydrogen) atoms. The highest BCUT2D eigenvalue weighted by atomic mass is 16.5. The summed E-state index contributed by atoms with van der Waals surface area (Å²) >= 11 is 0. The van der Waals surface area contributed by atoms with Crippen LogP contribution in [-0.2, 0) is 0 Å². The zero-order chi connectivity index (χ0) is 14.4. The number of carbonyl (C=O) groups is 1. The van der Waals surface area contributed by atoms with E-state index in [1.54, 1.807) is 31.4 Å². The zero-order valence-electron chi connectivity index (χ0n) is 11.2. The second kappa shape index (κ2) is 6.73. The summed E-state index contributed by atoms with van der Waals surface area (Å²) < 4.78 is 5.05. The Bertz CT molecular complexity index is 552. The van der Waals surface area contributed by atoms with Gasteiger partial charge in [0, 0.05) is 5.56 Å². The summed E-state index contributed by atoms with van der Waals surface area (Å²) in [6.45, 7) is -0.147. The number of benzene rings is 2. The van der Waals surface area contributed by atoms with Gasteiger partial charge in [0.15, 0.2) is 0 Å². The number of ether oxygens (including phenoxy) is 1. The number of carbonyl (C=O) groups excluding carboxylic acids is 1. The maximum atomic E-state index is 12.1. The van der Waals surface area contributed by atoms with Crippen LogP contribution in [0, 0.1) is 0 Å².